The van der Waals surface area contributed by atoms with Crippen LogP contribution in [-0.4, -0.2) is 28.1 Å². The molecule has 0 aliphatic heterocycles. The monoisotopic (exact) mass is 377 g/mol. The Morgan fingerprint density at radius 3 is 2.33 bits per heavy atom. The van der Waals surface area contributed by atoms with Crippen molar-refractivity contribution in [3.8, 4) is 33.9 Å². The van der Waals surface area contributed by atoms with Crippen molar-refractivity contribution in [3.05, 3.63) is 65.6 Å². The number of ether oxygens (including phenoxy) is 2. The number of benzene rings is 2. The molecule has 2 heterocycles. The Kier molecular flexibility index (Phi) is 4.64. The summed E-state index contributed by atoms with van der Waals surface area (Å²) in [5, 5.41) is 0. The van der Waals surface area contributed by atoms with Gasteiger partial charge in [0, 0.05) is 18.0 Å². The van der Waals surface area contributed by atoms with Crippen molar-refractivity contribution in [2.75, 3.05) is 13.7 Å². The van der Waals surface area contributed by atoms with Crippen molar-refractivity contribution in [1.82, 2.24) is 14.4 Å². The summed E-state index contributed by atoms with van der Waals surface area (Å²) in [5.41, 5.74) is 3.90. The summed E-state index contributed by atoms with van der Waals surface area (Å²) in [5.74, 6) is 2.38. The molecule has 4 aromatic rings. The van der Waals surface area contributed by atoms with Crippen LogP contribution in [0.1, 0.15) is 6.92 Å². The van der Waals surface area contributed by atoms with Crippen molar-refractivity contribution in [3.63, 3.8) is 0 Å². The van der Waals surface area contributed by atoms with Gasteiger partial charge in [-0.3, -0.25) is 4.40 Å². The minimum atomic E-state index is 0.645. The maximum atomic E-state index is 5.71. The molecule has 2 aromatic heterocycles. The van der Waals surface area contributed by atoms with Gasteiger partial charge < -0.3 is 14.5 Å². The van der Waals surface area contributed by atoms with Crippen LogP contribution in [-0.2, 0) is 0 Å². The first-order chi connectivity index (χ1) is 13.2. The minimum absolute atomic E-state index is 0.645. The second kappa shape index (κ2) is 7.25. The predicted molar refractivity (Wildman–Crippen MR) is 109 cm³/mol. The Labute approximate surface area is 162 Å². The number of nitrogens with zero attached hydrogens (tertiary/aromatic N) is 2. The quantitative estimate of drug-likeness (QED) is 0.490. The summed E-state index contributed by atoms with van der Waals surface area (Å²) in [6, 6.07) is 15.8. The van der Waals surface area contributed by atoms with Crippen molar-refractivity contribution in [2.45, 2.75) is 6.92 Å². The summed E-state index contributed by atoms with van der Waals surface area (Å²) in [6.45, 7) is 2.61. The first kappa shape index (κ1) is 17.3. The fourth-order valence-electron chi connectivity index (χ4n) is 2.98. The van der Waals surface area contributed by atoms with E-state index in [2.05, 4.69) is 9.97 Å². The molecule has 0 amide bonds. The van der Waals surface area contributed by atoms with Crippen LogP contribution in [0.4, 0.5) is 0 Å². The lowest BCUT2D eigenvalue weighted by molar-refractivity contribution is 0.340. The third-order valence-electron chi connectivity index (χ3n) is 4.38. The second-order valence-corrected chi connectivity index (χ2v) is 6.41. The number of aromatic amines is 1. The summed E-state index contributed by atoms with van der Waals surface area (Å²) in [6.07, 6.45) is 3.78. The van der Waals surface area contributed by atoms with Crippen LogP contribution in [0.3, 0.4) is 0 Å². The summed E-state index contributed by atoms with van der Waals surface area (Å²) in [7, 11) is 1.66. The largest absolute Gasteiger partial charge is 0.497 e. The first-order valence-electron chi connectivity index (χ1n) is 8.67. The number of nitrogens with one attached hydrogen (secondary N) is 1. The molecule has 2 aromatic carbocycles. The molecule has 0 fully saturated rings. The van der Waals surface area contributed by atoms with E-state index in [1.54, 1.807) is 7.11 Å². The lowest BCUT2D eigenvalue weighted by Crippen LogP contribution is -1.93. The van der Waals surface area contributed by atoms with E-state index in [-0.39, 0.29) is 0 Å². The molecule has 4 rings (SSSR count). The fraction of sp³-hybridized carbons (Fsp3) is 0.143. The summed E-state index contributed by atoms with van der Waals surface area (Å²) >= 11 is 5.71. The Balaban J connectivity index is 1.74. The van der Waals surface area contributed by atoms with Crippen LogP contribution in [0.15, 0.2) is 60.9 Å². The maximum Gasteiger partial charge on any atom is 0.212 e. The number of rotatable bonds is 5. The van der Waals surface area contributed by atoms with Crippen molar-refractivity contribution >= 4 is 18.0 Å². The predicted octanol–water partition coefficient (Wildman–Crippen LogP) is 5.13. The van der Waals surface area contributed by atoms with Gasteiger partial charge in [0.25, 0.3) is 0 Å². The van der Waals surface area contributed by atoms with Gasteiger partial charge >= 0.3 is 0 Å². The smallest absolute Gasteiger partial charge is 0.212 e. The van der Waals surface area contributed by atoms with Crippen molar-refractivity contribution in [2.24, 2.45) is 0 Å². The number of hydrogen-bond donors (Lipinski definition) is 1. The van der Waals surface area contributed by atoms with E-state index < -0.39 is 0 Å². The van der Waals surface area contributed by atoms with E-state index in [0.29, 0.717) is 17.0 Å². The van der Waals surface area contributed by atoms with E-state index in [1.165, 1.54) is 0 Å². The molecule has 0 spiro atoms. The highest BCUT2D eigenvalue weighted by atomic mass is 32.1. The number of methoxy groups -OCH3 is 1. The average Bonchev–Trinajstić information content (AvgIpc) is 3.15. The van der Waals surface area contributed by atoms with Crippen LogP contribution in [0.5, 0.6) is 11.5 Å². The van der Waals surface area contributed by atoms with E-state index >= 15 is 0 Å². The van der Waals surface area contributed by atoms with Crippen molar-refractivity contribution < 1.29 is 9.47 Å². The molecule has 0 atom stereocenters. The molecule has 1 N–H and O–H groups in total. The van der Waals surface area contributed by atoms with Gasteiger partial charge in [-0.15, -0.1) is 0 Å². The third-order valence-corrected chi connectivity index (χ3v) is 4.79. The normalized spacial score (nSPS) is 10.9. The SMILES string of the molecule is CCOc1ccc(-c2cnc3[nH]c(-c4ccc(OC)cc4)cn3c2=S)cc1. The summed E-state index contributed by atoms with van der Waals surface area (Å²) < 4.78 is 13.3. The Bertz CT molecular complexity index is 1130. The van der Waals surface area contributed by atoms with E-state index in [0.717, 1.165) is 33.9 Å². The van der Waals surface area contributed by atoms with Gasteiger partial charge in [0.05, 0.1) is 19.4 Å². The molecular weight excluding hydrogens is 358 g/mol. The Morgan fingerprint density at radius 1 is 1.00 bits per heavy atom. The Hall–Kier alpha value is -3.12. The number of aromatic nitrogens is 3. The van der Waals surface area contributed by atoms with Gasteiger partial charge in [-0.05, 0) is 54.4 Å². The van der Waals surface area contributed by atoms with Crippen LogP contribution in [0.2, 0.25) is 0 Å². The van der Waals surface area contributed by atoms with E-state index in [1.807, 2.05) is 72.2 Å². The first-order valence-corrected chi connectivity index (χ1v) is 9.08. The second-order valence-electron chi connectivity index (χ2n) is 6.02. The molecule has 0 aliphatic carbocycles. The highest BCUT2D eigenvalue weighted by Gasteiger charge is 2.09. The van der Waals surface area contributed by atoms with Crippen LogP contribution in [0.25, 0.3) is 28.2 Å². The number of imidazole rings is 1. The van der Waals surface area contributed by atoms with Crippen molar-refractivity contribution in [1.29, 1.82) is 0 Å². The van der Waals surface area contributed by atoms with Crippen LogP contribution >= 0.6 is 12.2 Å². The minimum Gasteiger partial charge on any atom is -0.497 e. The zero-order valence-corrected chi connectivity index (χ0v) is 15.9. The van der Waals surface area contributed by atoms with Gasteiger partial charge in [0.1, 0.15) is 16.1 Å². The van der Waals surface area contributed by atoms with Crippen LogP contribution < -0.4 is 9.47 Å². The molecule has 0 aliphatic rings. The molecular formula is C21H19N3O2S. The van der Waals surface area contributed by atoms with Gasteiger partial charge in [-0.2, -0.15) is 0 Å². The van der Waals surface area contributed by atoms with Gasteiger partial charge in [-0.25, -0.2) is 4.98 Å². The van der Waals surface area contributed by atoms with Crippen LogP contribution in [0, 0.1) is 4.64 Å². The Morgan fingerprint density at radius 2 is 1.67 bits per heavy atom. The lowest BCUT2D eigenvalue weighted by atomic mass is 10.1. The lowest BCUT2D eigenvalue weighted by Gasteiger charge is -2.06. The number of fused-ring (bicyclic) bond motifs is 1. The third kappa shape index (κ3) is 3.31. The molecule has 0 radical (unpaired) electrons. The molecule has 0 bridgehead atoms. The molecule has 6 heteroatoms. The maximum absolute atomic E-state index is 5.71. The van der Waals surface area contributed by atoms with Gasteiger partial charge in [0.15, 0.2) is 0 Å². The highest BCUT2D eigenvalue weighted by molar-refractivity contribution is 7.71. The fourth-order valence-corrected chi connectivity index (χ4v) is 3.29. The van der Waals surface area contributed by atoms with E-state index in [9.17, 15) is 0 Å². The topological polar surface area (TPSA) is 51.5 Å². The molecule has 5 nitrogen and oxygen atoms in total. The average molecular weight is 377 g/mol. The highest BCUT2D eigenvalue weighted by Crippen LogP contribution is 2.26. The standard InChI is InChI=1S/C21H19N3O2S/c1-3-26-17-10-4-14(5-11-17)18-12-22-21-23-19(13-24(21)20(18)27)15-6-8-16(25-2)9-7-15/h4-13H,3H2,1-2H3,(H,22,23). The molecule has 136 valence electrons. The molecule has 0 unspecified atom stereocenters. The summed E-state index contributed by atoms with van der Waals surface area (Å²) in [4.78, 5) is 7.86. The number of hydrogen-bond acceptors (Lipinski definition) is 4. The number of H-pyrrole nitrogens is 1. The molecule has 0 saturated heterocycles. The van der Waals surface area contributed by atoms with Gasteiger partial charge in [-0.1, -0.05) is 24.4 Å². The van der Waals surface area contributed by atoms with Gasteiger partial charge in [0.2, 0.25) is 5.78 Å². The zero-order valence-electron chi connectivity index (χ0n) is 15.1. The van der Waals surface area contributed by atoms with E-state index in [4.69, 9.17) is 21.7 Å². The zero-order chi connectivity index (χ0) is 18.8. The molecule has 0 saturated carbocycles. The molecule has 27 heavy (non-hydrogen) atoms.